The van der Waals surface area contributed by atoms with Crippen molar-refractivity contribution in [2.24, 2.45) is 7.05 Å². The summed E-state index contributed by atoms with van der Waals surface area (Å²) in [5.74, 6) is -0.915. The van der Waals surface area contributed by atoms with Gasteiger partial charge in [-0.15, -0.1) is 0 Å². The minimum atomic E-state index is -4.76. The Bertz CT molecular complexity index is 1060. The van der Waals surface area contributed by atoms with Crippen molar-refractivity contribution in [2.75, 3.05) is 6.26 Å². The fourth-order valence-corrected chi connectivity index (χ4v) is 3.69. The molecule has 0 aliphatic heterocycles. The SMILES string of the molecule is Cn1[nH]c(C2CC2)c(C(=O)c2ccc(C(F)(F)F)cc2S(C)(=O)=O)c1=O. The summed E-state index contributed by atoms with van der Waals surface area (Å²) >= 11 is 0. The number of ketones is 1. The van der Waals surface area contributed by atoms with Crippen molar-refractivity contribution in [1.29, 1.82) is 0 Å². The van der Waals surface area contributed by atoms with E-state index in [0.29, 0.717) is 17.8 Å². The lowest BCUT2D eigenvalue weighted by Gasteiger charge is -2.12. The molecule has 0 amide bonds. The molecule has 1 heterocycles. The van der Waals surface area contributed by atoms with E-state index in [0.717, 1.165) is 29.8 Å². The Morgan fingerprint density at radius 1 is 1.27 bits per heavy atom. The van der Waals surface area contributed by atoms with Crippen molar-refractivity contribution in [3.05, 3.63) is 50.9 Å². The van der Waals surface area contributed by atoms with Gasteiger partial charge < -0.3 is 0 Å². The second-order valence-corrected chi connectivity index (χ2v) is 8.33. The molecular weight excluding hydrogens is 373 g/mol. The fraction of sp³-hybridized carbons (Fsp3) is 0.375. The Labute approximate surface area is 146 Å². The number of sulfone groups is 1. The van der Waals surface area contributed by atoms with Crippen LogP contribution in [0.25, 0.3) is 0 Å². The Hall–Kier alpha value is -2.36. The Morgan fingerprint density at radius 3 is 2.38 bits per heavy atom. The summed E-state index contributed by atoms with van der Waals surface area (Å²) in [6.07, 6.45) is -2.50. The summed E-state index contributed by atoms with van der Waals surface area (Å²) in [5.41, 5.74) is -2.10. The van der Waals surface area contributed by atoms with E-state index in [1.54, 1.807) is 0 Å². The largest absolute Gasteiger partial charge is 0.416 e. The quantitative estimate of drug-likeness (QED) is 0.814. The van der Waals surface area contributed by atoms with Gasteiger partial charge in [0.1, 0.15) is 5.56 Å². The topological polar surface area (TPSA) is 89.0 Å². The number of H-pyrrole nitrogens is 1. The van der Waals surface area contributed by atoms with Gasteiger partial charge in [0.25, 0.3) is 5.56 Å². The molecule has 1 saturated carbocycles. The smallest absolute Gasteiger partial charge is 0.299 e. The molecule has 10 heteroatoms. The highest BCUT2D eigenvalue weighted by Crippen LogP contribution is 2.40. The first kappa shape index (κ1) is 18.4. The number of rotatable bonds is 4. The maximum Gasteiger partial charge on any atom is 0.416 e. The third kappa shape index (κ3) is 3.20. The van der Waals surface area contributed by atoms with Crippen LogP contribution in [0.3, 0.4) is 0 Å². The molecule has 0 bridgehead atoms. The maximum atomic E-state index is 12.9. The molecule has 1 N–H and O–H groups in total. The van der Waals surface area contributed by atoms with E-state index in [4.69, 9.17) is 0 Å². The standard InChI is InChI=1S/C16H15F3N2O4S/c1-21-15(23)12(13(20-21)8-3-4-8)14(22)10-6-5-9(16(17,18)19)7-11(10)26(2,24)25/h5-8,20H,3-4H2,1-2H3. The molecule has 0 saturated heterocycles. The van der Waals surface area contributed by atoms with Crippen LogP contribution in [0, 0.1) is 0 Å². The molecule has 3 rings (SSSR count). The summed E-state index contributed by atoms with van der Waals surface area (Å²) < 4.78 is 63.8. The van der Waals surface area contributed by atoms with Gasteiger partial charge in [0.15, 0.2) is 9.84 Å². The highest BCUT2D eigenvalue weighted by atomic mass is 32.2. The number of hydrogen-bond donors (Lipinski definition) is 1. The molecule has 0 atom stereocenters. The summed E-state index contributed by atoms with van der Waals surface area (Å²) in [6.45, 7) is 0. The van der Waals surface area contributed by atoms with E-state index < -0.39 is 43.4 Å². The van der Waals surface area contributed by atoms with Gasteiger partial charge in [0.05, 0.1) is 16.2 Å². The molecular formula is C16H15F3N2O4S. The first-order chi connectivity index (χ1) is 11.9. The predicted octanol–water partition coefficient (Wildman–Crippen LogP) is 2.24. The molecule has 6 nitrogen and oxygen atoms in total. The molecule has 140 valence electrons. The lowest BCUT2D eigenvalue weighted by molar-refractivity contribution is -0.137. The number of nitrogens with zero attached hydrogens (tertiary/aromatic N) is 1. The van der Waals surface area contributed by atoms with Crippen LogP contribution in [-0.4, -0.2) is 30.2 Å². The summed E-state index contributed by atoms with van der Waals surface area (Å²) in [7, 11) is -2.72. The highest BCUT2D eigenvalue weighted by Gasteiger charge is 2.36. The van der Waals surface area contributed by atoms with Gasteiger partial charge in [-0.25, -0.2) is 8.42 Å². The second kappa shape index (κ2) is 5.83. The monoisotopic (exact) mass is 388 g/mol. The van der Waals surface area contributed by atoms with Crippen molar-refractivity contribution >= 4 is 15.6 Å². The van der Waals surface area contributed by atoms with E-state index in [-0.39, 0.29) is 11.5 Å². The average molecular weight is 388 g/mol. The number of halogens is 3. The van der Waals surface area contributed by atoms with Crippen molar-refractivity contribution in [3.8, 4) is 0 Å². The Balaban J connectivity index is 2.22. The normalized spacial score (nSPS) is 15.3. The van der Waals surface area contributed by atoms with E-state index in [1.165, 1.54) is 7.05 Å². The average Bonchev–Trinajstić information content (AvgIpc) is 3.32. The third-order valence-electron chi connectivity index (χ3n) is 4.24. The highest BCUT2D eigenvalue weighted by molar-refractivity contribution is 7.90. The zero-order valence-corrected chi connectivity index (χ0v) is 14.7. The van der Waals surface area contributed by atoms with Gasteiger partial charge in [-0.3, -0.25) is 19.4 Å². The molecule has 1 aromatic carbocycles. The number of hydrogen-bond acceptors (Lipinski definition) is 4. The van der Waals surface area contributed by atoms with Gasteiger partial charge in [-0.05, 0) is 31.0 Å². The zero-order chi connectivity index (χ0) is 19.4. The number of benzene rings is 1. The molecule has 0 spiro atoms. The second-order valence-electron chi connectivity index (χ2n) is 6.35. The maximum absolute atomic E-state index is 12.9. The van der Waals surface area contributed by atoms with Crippen LogP contribution >= 0.6 is 0 Å². The van der Waals surface area contributed by atoms with Crippen LogP contribution in [0.15, 0.2) is 27.9 Å². The van der Waals surface area contributed by atoms with Crippen molar-refractivity contribution in [1.82, 2.24) is 9.78 Å². The third-order valence-corrected chi connectivity index (χ3v) is 5.38. The lowest BCUT2D eigenvalue weighted by Crippen LogP contribution is -2.21. The summed E-state index contributed by atoms with van der Waals surface area (Å²) in [4.78, 5) is 24.4. The molecule has 0 radical (unpaired) electrons. The number of nitrogens with one attached hydrogen (secondary N) is 1. The van der Waals surface area contributed by atoms with Gasteiger partial charge >= 0.3 is 6.18 Å². The van der Waals surface area contributed by atoms with Gasteiger partial charge in [0, 0.05) is 24.8 Å². The lowest BCUT2D eigenvalue weighted by atomic mass is 10.0. The molecule has 1 aromatic heterocycles. The van der Waals surface area contributed by atoms with Crippen molar-refractivity contribution in [3.63, 3.8) is 0 Å². The van der Waals surface area contributed by atoms with Crippen LogP contribution in [0.5, 0.6) is 0 Å². The number of aromatic nitrogens is 2. The predicted molar refractivity (Wildman–Crippen MR) is 86.0 cm³/mol. The number of carbonyl (C=O) groups is 1. The zero-order valence-electron chi connectivity index (χ0n) is 13.8. The van der Waals surface area contributed by atoms with E-state index in [1.807, 2.05) is 0 Å². The number of alkyl halides is 3. The van der Waals surface area contributed by atoms with Crippen LogP contribution in [-0.2, 0) is 23.1 Å². The Morgan fingerprint density at radius 2 is 1.88 bits per heavy atom. The molecule has 1 aliphatic rings. The van der Waals surface area contributed by atoms with Crippen LogP contribution < -0.4 is 5.56 Å². The number of carbonyl (C=O) groups excluding carboxylic acids is 1. The minimum Gasteiger partial charge on any atom is -0.299 e. The van der Waals surface area contributed by atoms with Gasteiger partial charge in [0.2, 0.25) is 5.78 Å². The first-order valence-corrected chi connectivity index (χ1v) is 9.55. The Kier molecular flexibility index (Phi) is 4.13. The number of aryl methyl sites for hydroxylation is 1. The van der Waals surface area contributed by atoms with Crippen molar-refractivity contribution in [2.45, 2.75) is 29.8 Å². The van der Waals surface area contributed by atoms with E-state index in [2.05, 4.69) is 5.10 Å². The summed E-state index contributed by atoms with van der Waals surface area (Å²) in [5, 5.41) is 2.77. The molecule has 1 aliphatic carbocycles. The van der Waals surface area contributed by atoms with Crippen LogP contribution in [0.2, 0.25) is 0 Å². The van der Waals surface area contributed by atoms with Gasteiger partial charge in [-0.2, -0.15) is 13.2 Å². The number of aromatic amines is 1. The molecule has 26 heavy (non-hydrogen) atoms. The van der Waals surface area contributed by atoms with Crippen LogP contribution in [0.1, 0.15) is 45.9 Å². The fourth-order valence-electron chi connectivity index (χ4n) is 2.78. The molecule has 1 fully saturated rings. The molecule has 2 aromatic rings. The van der Waals surface area contributed by atoms with E-state index >= 15 is 0 Å². The first-order valence-electron chi connectivity index (χ1n) is 7.66. The van der Waals surface area contributed by atoms with Gasteiger partial charge in [-0.1, -0.05) is 0 Å². The van der Waals surface area contributed by atoms with Crippen LogP contribution in [0.4, 0.5) is 13.2 Å². The molecule has 0 unspecified atom stereocenters. The van der Waals surface area contributed by atoms with E-state index in [9.17, 15) is 31.2 Å². The van der Waals surface area contributed by atoms with Crippen molar-refractivity contribution < 1.29 is 26.4 Å². The minimum absolute atomic E-state index is 0.0148. The summed E-state index contributed by atoms with van der Waals surface area (Å²) in [6, 6.07) is 1.87.